The number of aliphatic hydroxyl groups is 1. The number of Topliss-reactive ketones (excluding diaryl/α,β-unsaturated/α-hetero) is 1. The van der Waals surface area contributed by atoms with Gasteiger partial charge in [-0.25, -0.2) is 0 Å². The van der Waals surface area contributed by atoms with Crippen LogP contribution in [0.15, 0.2) is 0 Å². The number of carbonyl (C=O) groups excluding carboxylic acids is 1. The fraction of sp³-hybridized carbons (Fsp3) is 0.833. The minimum Gasteiger partial charge on any atom is -0.385 e. The minimum absolute atomic E-state index is 0. The normalized spacial score (nSPS) is 11.9. The number of rotatable bonds is 3. The van der Waals surface area contributed by atoms with Gasteiger partial charge in [0.15, 0.2) is 5.78 Å². The highest BCUT2D eigenvalue weighted by atomic mass is 35.5. The molecule has 0 heterocycles. The van der Waals surface area contributed by atoms with E-state index in [0.717, 1.165) is 0 Å². The van der Waals surface area contributed by atoms with Gasteiger partial charge in [-0.3, -0.25) is 4.79 Å². The summed E-state index contributed by atoms with van der Waals surface area (Å²) in [4.78, 5) is 10.5. The standard InChI is InChI=1S/C6H12O2.ClH/c1-3-5(7)6(8)4-2;/h5,7H,3-4H2,1-2H3;1H. The second-order valence-corrected chi connectivity index (χ2v) is 1.74. The van der Waals surface area contributed by atoms with Crippen LogP contribution in [0.2, 0.25) is 0 Å². The van der Waals surface area contributed by atoms with Crippen molar-refractivity contribution in [3.63, 3.8) is 0 Å². The summed E-state index contributed by atoms with van der Waals surface area (Å²) in [7, 11) is 0. The summed E-state index contributed by atoms with van der Waals surface area (Å²) in [5, 5.41) is 8.78. The monoisotopic (exact) mass is 152 g/mol. The first kappa shape index (κ1) is 11.7. The van der Waals surface area contributed by atoms with Gasteiger partial charge in [-0.05, 0) is 6.42 Å². The summed E-state index contributed by atoms with van der Waals surface area (Å²) in [6.45, 7) is 3.54. The molecule has 56 valence electrons. The molecular formula is C6H13ClO2. The van der Waals surface area contributed by atoms with Crippen LogP contribution in [0.3, 0.4) is 0 Å². The Morgan fingerprint density at radius 3 is 2.11 bits per heavy atom. The van der Waals surface area contributed by atoms with Crippen LogP contribution in [0.5, 0.6) is 0 Å². The lowest BCUT2D eigenvalue weighted by Crippen LogP contribution is -2.17. The summed E-state index contributed by atoms with van der Waals surface area (Å²) in [5.74, 6) is -0.0625. The van der Waals surface area contributed by atoms with Gasteiger partial charge in [0, 0.05) is 6.42 Å². The fourth-order valence-corrected chi connectivity index (χ4v) is 0.463. The minimum atomic E-state index is -0.722. The van der Waals surface area contributed by atoms with Gasteiger partial charge in [0.1, 0.15) is 6.10 Å². The van der Waals surface area contributed by atoms with Crippen molar-refractivity contribution in [2.45, 2.75) is 32.8 Å². The van der Waals surface area contributed by atoms with Gasteiger partial charge in [0.05, 0.1) is 0 Å². The molecule has 0 aliphatic rings. The van der Waals surface area contributed by atoms with Crippen LogP contribution in [-0.2, 0) is 4.79 Å². The van der Waals surface area contributed by atoms with Crippen molar-refractivity contribution < 1.29 is 9.90 Å². The molecular weight excluding hydrogens is 140 g/mol. The van der Waals surface area contributed by atoms with Crippen molar-refractivity contribution in [3.8, 4) is 0 Å². The van der Waals surface area contributed by atoms with E-state index in [9.17, 15) is 4.79 Å². The highest BCUT2D eigenvalue weighted by Crippen LogP contribution is 1.93. The Hall–Kier alpha value is -0.0800. The predicted molar refractivity (Wildman–Crippen MR) is 38.8 cm³/mol. The molecule has 3 heteroatoms. The Balaban J connectivity index is 0. The van der Waals surface area contributed by atoms with E-state index in [2.05, 4.69) is 0 Å². The molecule has 0 bridgehead atoms. The molecule has 0 aliphatic carbocycles. The predicted octanol–water partition coefficient (Wildman–Crippen LogP) is 1.16. The first-order chi connectivity index (χ1) is 3.72. The third-order valence-corrected chi connectivity index (χ3v) is 1.11. The molecule has 0 amide bonds. The largest absolute Gasteiger partial charge is 0.385 e. The van der Waals surface area contributed by atoms with Crippen molar-refractivity contribution in [3.05, 3.63) is 0 Å². The first-order valence-corrected chi connectivity index (χ1v) is 2.93. The number of ketones is 1. The van der Waals surface area contributed by atoms with Gasteiger partial charge in [0.25, 0.3) is 0 Å². The van der Waals surface area contributed by atoms with Crippen molar-refractivity contribution in [2.75, 3.05) is 0 Å². The van der Waals surface area contributed by atoms with E-state index in [1.54, 1.807) is 13.8 Å². The Morgan fingerprint density at radius 2 is 2.00 bits per heavy atom. The van der Waals surface area contributed by atoms with Crippen molar-refractivity contribution in [1.82, 2.24) is 0 Å². The topological polar surface area (TPSA) is 37.3 Å². The number of hydrogen-bond acceptors (Lipinski definition) is 2. The summed E-state index contributed by atoms with van der Waals surface area (Å²) < 4.78 is 0. The van der Waals surface area contributed by atoms with E-state index >= 15 is 0 Å². The van der Waals surface area contributed by atoms with Crippen LogP contribution in [-0.4, -0.2) is 17.0 Å². The molecule has 0 aliphatic heterocycles. The Labute approximate surface area is 61.7 Å². The van der Waals surface area contributed by atoms with Gasteiger partial charge < -0.3 is 5.11 Å². The van der Waals surface area contributed by atoms with Crippen LogP contribution < -0.4 is 0 Å². The average Bonchev–Trinajstić information content (AvgIpc) is 1.84. The molecule has 1 N–H and O–H groups in total. The quantitative estimate of drug-likeness (QED) is 0.659. The molecule has 0 spiro atoms. The molecule has 2 nitrogen and oxygen atoms in total. The Morgan fingerprint density at radius 1 is 1.56 bits per heavy atom. The van der Waals surface area contributed by atoms with Crippen molar-refractivity contribution >= 4 is 18.2 Å². The Kier molecular flexibility index (Phi) is 7.85. The second-order valence-electron chi connectivity index (χ2n) is 1.74. The molecule has 0 radical (unpaired) electrons. The SMILES string of the molecule is CCC(=O)C(O)CC.Cl. The highest BCUT2D eigenvalue weighted by molar-refractivity contribution is 5.85. The maximum atomic E-state index is 10.5. The number of halogens is 1. The third kappa shape index (κ3) is 4.43. The molecule has 9 heavy (non-hydrogen) atoms. The van der Waals surface area contributed by atoms with Crippen LogP contribution in [0, 0.1) is 0 Å². The van der Waals surface area contributed by atoms with Crippen molar-refractivity contribution in [1.29, 1.82) is 0 Å². The molecule has 0 fully saturated rings. The van der Waals surface area contributed by atoms with E-state index in [1.807, 2.05) is 0 Å². The number of hydrogen-bond donors (Lipinski definition) is 1. The molecule has 0 rings (SSSR count). The number of carbonyl (C=O) groups is 1. The molecule has 0 aromatic heterocycles. The van der Waals surface area contributed by atoms with Crippen LogP contribution in [0.25, 0.3) is 0 Å². The molecule has 1 atom stereocenters. The molecule has 0 saturated carbocycles. The third-order valence-electron chi connectivity index (χ3n) is 1.11. The van der Waals surface area contributed by atoms with E-state index in [-0.39, 0.29) is 18.2 Å². The zero-order valence-corrected chi connectivity index (χ0v) is 6.57. The zero-order chi connectivity index (χ0) is 6.57. The van der Waals surface area contributed by atoms with Gasteiger partial charge >= 0.3 is 0 Å². The molecule has 0 aromatic carbocycles. The summed E-state index contributed by atoms with van der Waals surface area (Å²) in [6, 6.07) is 0. The summed E-state index contributed by atoms with van der Waals surface area (Å²) >= 11 is 0. The smallest absolute Gasteiger partial charge is 0.160 e. The number of aliphatic hydroxyl groups excluding tert-OH is 1. The van der Waals surface area contributed by atoms with Gasteiger partial charge in [-0.1, -0.05) is 13.8 Å². The van der Waals surface area contributed by atoms with E-state index in [0.29, 0.717) is 12.8 Å². The summed E-state index contributed by atoms with van der Waals surface area (Å²) in [5.41, 5.74) is 0. The maximum Gasteiger partial charge on any atom is 0.160 e. The van der Waals surface area contributed by atoms with Gasteiger partial charge in [-0.2, -0.15) is 0 Å². The molecule has 0 saturated heterocycles. The highest BCUT2D eigenvalue weighted by Gasteiger charge is 2.07. The van der Waals surface area contributed by atoms with E-state index < -0.39 is 6.10 Å². The van der Waals surface area contributed by atoms with Crippen molar-refractivity contribution in [2.24, 2.45) is 0 Å². The lowest BCUT2D eigenvalue weighted by atomic mass is 10.1. The second kappa shape index (κ2) is 6.05. The van der Waals surface area contributed by atoms with Crippen LogP contribution in [0.1, 0.15) is 26.7 Å². The van der Waals surface area contributed by atoms with Crippen LogP contribution in [0.4, 0.5) is 0 Å². The lowest BCUT2D eigenvalue weighted by Gasteiger charge is -2.01. The molecule has 0 aromatic rings. The fourth-order valence-electron chi connectivity index (χ4n) is 0.463. The average molecular weight is 153 g/mol. The maximum absolute atomic E-state index is 10.5. The Bertz CT molecular complexity index is 83.1. The zero-order valence-electron chi connectivity index (χ0n) is 5.76. The van der Waals surface area contributed by atoms with E-state index in [4.69, 9.17) is 5.11 Å². The van der Waals surface area contributed by atoms with Gasteiger partial charge in [-0.15, -0.1) is 12.4 Å². The van der Waals surface area contributed by atoms with Crippen LogP contribution >= 0.6 is 12.4 Å². The first-order valence-electron chi connectivity index (χ1n) is 2.93. The molecule has 1 unspecified atom stereocenters. The summed E-state index contributed by atoms with van der Waals surface area (Å²) in [6.07, 6.45) is 0.252. The van der Waals surface area contributed by atoms with Gasteiger partial charge in [0.2, 0.25) is 0 Å². The lowest BCUT2D eigenvalue weighted by molar-refractivity contribution is -0.126. The van der Waals surface area contributed by atoms with E-state index in [1.165, 1.54) is 0 Å².